The maximum absolute atomic E-state index is 13.1. The van der Waals surface area contributed by atoms with Crippen LogP contribution in [0.4, 0.5) is 4.39 Å². The summed E-state index contributed by atoms with van der Waals surface area (Å²) in [5.74, 6) is -1.25. The molecule has 0 aliphatic carbocycles. The minimum Gasteiger partial charge on any atom is -0.481 e. The zero-order valence-corrected chi connectivity index (χ0v) is 11.8. The quantitative estimate of drug-likeness (QED) is 0.825. The van der Waals surface area contributed by atoms with E-state index in [0.717, 1.165) is 18.5 Å². The summed E-state index contributed by atoms with van der Waals surface area (Å²) in [4.78, 5) is 13.0. The summed E-state index contributed by atoms with van der Waals surface area (Å²) in [6.45, 7) is 4.96. The van der Waals surface area contributed by atoms with E-state index >= 15 is 0 Å². The number of carboxylic acid groups (broad SMARTS) is 1. The third kappa shape index (κ3) is 4.99. The summed E-state index contributed by atoms with van der Waals surface area (Å²) in [6.07, 6.45) is 1.43. The summed E-state index contributed by atoms with van der Waals surface area (Å²) in [5.41, 5.74) is 1.73. The maximum atomic E-state index is 13.1. The summed E-state index contributed by atoms with van der Waals surface area (Å²) in [5, 5.41) is 9.01. The van der Waals surface area contributed by atoms with Crippen LogP contribution in [0.2, 0.25) is 0 Å². The molecule has 0 bridgehead atoms. The molecular formula is C15H22FNO2. The lowest BCUT2D eigenvalue weighted by molar-refractivity contribution is -0.142. The number of carbonyl (C=O) groups is 1. The lowest BCUT2D eigenvalue weighted by Gasteiger charge is -2.20. The number of rotatable bonds is 7. The van der Waals surface area contributed by atoms with Crippen LogP contribution in [0.15, 0.2) is 18.2 Å². The predicted molar refractivity (Wildman–Crippen MR) is 73.8 cm³/mol. The fraction of sp³-hybridized carbons (Fsp3) is 0.533. The number of halogens is 1. The first-order valence-electron chi connectivity index (χ1n) is 6.60. The molecule has 1 aromatic rings. The van der Waals surface area contributed by atoms with Gasteiger partial charge in [0.15, 0.2) is 0 Å². The lowest BCUT2D eigenvalue weighted by atomic mass is 10.1. The molecule has 0 spiro atoms. The standard InChI is InChI=1S/C15H22FNO2/c1-4-13(15(18)19)10-17(3)8-7-12-5-6-14(16)11(2)9-12/h5-6,9,13H,4,7-8,10H2,1-3H3,(H,18,19). The highest BCUT2D eigenvalue weighted by atomic mass is 19.1. The Labute approximate surface area is 114 Å². The third-order valence-corrected chi connectivity index (χ3v) is 3.38. The summed E-state index contributed by atoms with van der Waals surface area (Å²) >= 11 is 0. The minimum atomic E-state index is -0.744. The molecule has 0 saturated heterocycles. The highest BCUT2D eigenvalue weighted by molar-refractivity contribution is 5.70. The fourth-order valence-electron chi connectivity index (χ4n) is 2.03. The van der Waals surface area contributed by atoms with E-state index < -0.39 is 5.97 Å². The largest absolute Gasteiger partial charge is 0.481 e. The molecule has 1 atom stereocenters. The van der Waals surface area contributed by atoms with Crippen molar-refractivity contribution in [2.45, 2.75) is 26.7 Å². The van der Waals surface area contributed by atoms with E-state index in [1.54, 1.807) is 13.0 Å². The predicted octanol–water partition coefficient (Wildman–Crippen LogP) is 2.72. The van der Waals surface area contributed by atoms with Crippen molar-refractivity contribution in [1.29, 1.82) is 0 Å². The van der Waals surface area contributed by atoms with E-state index in [9.17, 15) is 9.18 Å². The van der Waals surface area contributed by atoms with Crippen LogP contribution < -0.4 is 0 Å². The van der Waals surface area contributed by atoms with Gasteiger partial charge in [0.05, 0.1) is 5.92 Å². The molecule has 0 radical (unpaired) electrons. The second-order valence-corrected chi connectivity index (χ2v) is 5.04. The van der Waals surface area contributed by atoms with Crippen LogP contribution in [0.5, 0.6) is 0 Å². The average Bonchev–Trinajstić information content (AvgIpc) is 2.37. The Kier molecular flexibility index (Phi) is 5.96. The van der Waals surface area contributed by atoms with Gasteiger partial charge in [0.25, 0.3) is 0 Å². The molecule has 4 heteroatoms. The van der Waals surface area contributed by atoms with Gasteiger partial charge in [-0.05, 0) is 44.0 Å². The van der Waals surface area contributed by atoms with Gasteiger partial charge in [-0.1, -0.05) is 19.1 Å². The van der Waals surface area contributed by atoms with E-state index in [1.807, 2.05) is 24.9 Å². The van der Waals surface area contributed by atoms with E-state index in [-0.39, 0.29) is 11.7 Å². The molecule has 1 rings (SSSR count). The Hall–Kier alpha value is -1.42. The van der Waals surface area contributed by atoms with Crippen molar-refractivity contribution in [3.63, 3.8) is 0 Å². The van der Waals surface area contributed by atoms with Crippen molar-refractivity contribution < 1.29 is 14.3 Å². The van der Waals surface area contributed by atoms with Crippen LogP contribution >= 0.6 is 0 Å². The molecular weight excluding hydrogens is 245 g/mol. The van der Waals surface area contributed by atoms with Gasteiger partial charge in [0, 0.05) is 13.1 Å². The van der Waals surface area contributed by atoms with Gasteiger partial charge in [-0.3, -0.25) is 4.79 Å². The number of carboxylic acids is 1. The van der Waals surface area contributed by atoms with Crippen molar-refractivity contribution in [3.05, 3.63) is 35.1 Å². The SMILES string of the molecule is CCC(CN(C)CCc1ccc(F)c(C)c1)C(=O)O. The van der Waals surface area contributed by atoms with Crippen LogP contribution in [0.1, 0.15) is 24.5 Å². The molecule has 1 aromatic carbocycles. The highest BCUT2D eigenvalue weighted by Gasteiger charge is 2.16. The first-order valence-corrected chi connectivity index (χ1v) is 6.60. The topological polar surface area (TPSA) is 40.5 Å². The van der Waals surface area contributed by atoms with Crippen LogP contribution in [0.3, 0.4) is 0 Å². The molecule has 0 aliphatic heterocycles. The second kappa shape index (κ2) is 7.24. The normalized spacial score (nSPS) is 12.7. The Balaban J connectivity index is 2.47. The van der Waals surface area contributed by atoms with Gasteiger partial charge in [-0.15, -0.1) is 0 Å². The fourth-order valence-corrected chi connectivity index (χ4v) is 2.03. The number of aliphatic carboxylic acids is 1. The molecule has 0 saturated carbocycles. The molecule has 1 N–H and O–H groups in total. The van der Waals surface area contributed by atoms with E-state index in [0.29, 0.717) is 18.5 Å². The molecule has 106 valence electrons. The third-order valence-electron chi connectivity index (χ3n) is 3.38. The van der Waals surface area contributed by atoms with Gasteiger partial charge in [0.1, 0.15) is 5.82 Å². The number of nitrogens with zero attached hydrogens (tertiary/aromatic N) is 1. The Morgan fingerprint density at radius 1 is 1.47 bits per heavy atom. The second-order valence-electron chi connectivity index (χ2n) is 5.04. The number of likely N-dealkylation sites (N-methyl/N-ethyl adjacent to an activating group) is 1. The van der Waals surface area contributed by atoms with E-state index in [4.69, 9.17) is 5.11 Å². The number of aryl methyl sites for hydroxylation is 1. The maximum Gasteiger partial charge on any atom is 0.307 e. The zero-order valence-electron chi connectivity index (χ0n) is 11.8. The van der Waals surface area contributed by atoms with Gasteiger partial charge < -0.3 is 10.0 Å². The van der Waals surface area contributed by atoms with E-state index in [2.05, 4.69) is 0 Å². The van der Waals surface area contributed by atoms with Crippen LogP contribution in [-0.4, -0.2) is 36.1 Å². The summed E-state index contributed by atoms with van der Waals surface area (Å²) < 4.78 is 13.1. The molecule has 0 fully saturated rings. The minimum absolute atomic E-state index is 0.186. The van der Waals surface area contributed by atoms with Crippen molar-refractivity contribution >= 4 is 5.97 Å². The summed E-state index contributed by atoms with van der Waals surface area (Å²) in [7, 11) is 1.92. The van der Waals surface area contributed by atoms with E-state index in [1.165, 1.54) is 6.07 Å². The zero-order chi connectivity index (χ0) is 14.4. The monoisotopic (exact) mass is 267 g/mol. The van der Waals surface area contributed by atoms with Crippen molar-refractivity contribution in [1.82, 2.24) is 4.90 Å². The Morgan fingerprint density at radius 3 is 2.68 bits per heavy atom. The van der Waals surface area contributed by atoms with Gasteiger partial charge in [-0.25, -0.2) is 4.39 Å². The smallest absolute Gasteiger partial charge is 0.307 e. The van der Waals surface area contributed by atoms with Crippen molar-refractivity contribution in [3.8, 4) is 0 Å². The van der Waals surface area contributed by atoms with Crippen LogP contribution in [0.25, 0.3) is 0 Å². The summed E-state index contributed by atoms with van der Waals surface area (Å²) in [6, 6.07) is 5.11. The molecule has 19 heavy (non-hydrogen) atoms. The molecule has 0 heterocycles. The Morgan fingerprint density at radius 2 is 2.16 bits per heavy atom. The lowest BCUT2D eigenvalue weighted by Crippen LogP contribution is -2.31. The van der Waals surface area contributed by atoms with Gasteiger partial charge in [-0.2, -0.15) is 0 Å². The van der Waals surface area contributed by atoms with Crippen LogP contribution in [0, 0.1) is 18.7 Å². The van der Waals surface area contributed by atoms with Crippen LogP contribution in [-0.2, 0) is 11.2 Å². The molecule has 0 aliphatic rings. The Bertz CT molecular complexity index is 434. The number of hydrogen-bond donors (Lipinski definition) is 1. The highest BCUT2D eigenvalue weighted by Crippen LogP contribution is 2.11. The van der Waals surface area contributed by atoms with Crippen molar-refractivity contribution in [2.24, 2.45) is 5.92 Å². The number of hydrogen-bond acceptors (Lipinski definition) is 2. The molecule has 0 amide bonds. The first kappa shape index (κ1) is 15.6. The molecule has 1 unspecified atom stereocenters. The average molecular weight is 267 g/mol. The molecule has 0 aromatic heterocycles. The first-order chi connectivity index (χ1) is 8.93. The van der Waals surface area contributed by atoms with Gasteiger partial charge >= 0.3 is 5.97 Å². The molecule has 3 nitrogen and oxygen atoms in total. The number of benzene rings is 1. The van der Waals surface area contributed by atoms with Crippen molar-refractivity contribution in [2.75, 3.05) is 20.1 Å². The van der Waals surface area contributed by atoms with Gasteiger partial charge in [0.2, 0.25) is 0 Å².